The first-order valence-electron chi connectivity index (χ1n) is 9.96. The number of methoxy groups -OCH3 is 1. The SMILES string of the molecule is COc1cccc(C2N(C(=O)c3ncc[nH]c3=O)CCC23C(=O)Nc2ccccc23)c1. The molecule has 0 radical (unpaired) electrons. The number of para-hydroxylation sites is 1. The summed E-state index contributed by atoms with van der Waals surface area (Å²) in [5.41, 5.74) is 0.612. The van der Waals surface area contributed by atoms with Gasteiger partial charge in [-0.2, -0.15) is 0 Å². The monoisotopic (exact) mass is 416 g/mol. The quantitative estimate of drug-likeness (QED) is 0.682. The van der Waals surface area contributed by atoms with Crippen LogP contribution in [-0.4, -0.2) is 40.3 Å². The minimum Gasteiger partial charge on any atom is -0.497 e. The van der Waals surface area contributed by atoms with E-state index in [1.165, 1.54) is 12.4 Å². The lowest BCUT2D eigenvalue weighted by molar-refractivity contribution is -0.121. The number of likely N-dealkylation sites (tertiary alicyclic amines) is 1. The summed E-state index contributed by atoms with van der Waals surface area (Å²) < 4.78 is 5.39. The van der Waals surface area contributed by atoms with Crippen LogP contribution in [0.3, 0.4) is 0 Å². The van der Waals surface area contributed by atoms with Crippen LogP contribution in [0, 0.1) is 0 Å². The second-order valence-corrected chi connectivity index (χ2v) is 7.67. The zero-order valence-electron chi connectivity index (χ0n) is 16.8. The number of anilines is 1. The standard InChI is InChI=1S/C23H20N4O4/c1-31-15-6-4-5-14(13-15)19-23(16-7-2-3-8-17(16)26-22(23)30)9-12-27(19)21(29)18-20(28)25-11-10-24-18/h2-8,10-11,13,19H,9,12H2,1H3,(H,25,28)(H,26,30). The van der Waals surface area contributed by atoms with Crippen LogP contribution < -0.4 is 15.6 Å². The Bertz CT molecular complexity index is 1250. The molecule has 2 aliphatic heterocycles. The Hall–Kier alpha value is -3.94. The molecule has 1 fully saturated rings. The average molecular weight is 416 g/mol. The largest absolute Gasteiger partial charge is 0.497 e. The van der Waals surface area contributed by atoms with Crippen molar-refractivity contribution in [3.05, 3.63) is 88.1 Å². The van der Waals surface area contributed by atoms with E-state index in [2.05, 4.69) is 15.3 Å². The van der Waals surface area contributed by atoms with Crippen molar-refractivity contribution in [1.29, 1.82) is 0 Å². The number of fused-ring (bicyclic) bond motifs is 2. The summed E-state index contributed by atoms with van der Waals surface area (Å²) in [7, 11) is 1.57. The van der Waals surface area contributed by atoms with Gasteiger partial charge in [-0.15, -0.1) is 0 Å². The van der Waals surface area contributed by atoms with E-state index in [0.29, 0.717) is 18.7 Å². The molecule has 0 saturated carbocycles. The highest BCUT2D eigenvalue weighted by molar-refractivity contribution is 6.08. The van der Waals surface area contributed by atoms with Crippen molar-refractivity contribution >= 4 is 17.5 Å². The third kappa shape index (κ3) is 2.75. The Balaban J connectivity index is 1.70. The van der Waals surface area contributed by atoms with Crippen molar-refractivity contribution < 1.29 is 14.3 Å². The fourth-order valence-electron chi connectivity index (χ4n) is 4.82. The predicted octanol–water partition coefficient (Wildman–Crippen LogP) is 2.26. The van der Waals surface area contributed by atoms with Crippen molar-refractivity contribution in [2.75, 3.05) is 19.0 Å². The fourth-order valence-corrected chi connectivity index (χ4v) is 4.82. The van der Waals surface area contributed by atoms with Gasteiger partial charge in [0.2, 0.25) is 5.91 Å². The first kappa shape index (κ1) is 19.0. The van der Waals surface area contributed by atoms with Gasteiger partial charge in [0.25, 0.3) is 11.5 Å². The molecule has 2 atom stereocenters. The van der Waals surface area contributed by atoms with Crippen molar-refractivity contribution in [3.63, 3.8) is 0 Å². The number of carbonyl (C=O) groups is 2. The summed E-state index contributed by atoms with van der Waals surface area (Å²) in [6.07, 6.45) is 3.18. The Morgan fingerprint density at radius 3 is 2.84 bits per heavy atom. The number of benzene rings is 2. The Labute approximate surface area is 177 Å². The van der Waals surface area contributed by atoms with Crippen LogP contribution in [-0.2, 0) is 10.2 Å². The molecule has 1 saturated heterocycles. The van der Waals surface area contributed by atoms with Crippen molar-refractivity contribution in [2.45, 2.75) is 17.9 Å². The number of nitrogens with one attached hydrogen (secondary N) is 2. The van der Waals surface area contributed by atoms with Gasteiger partial charge in [0.15, 0.2) is 5.69 Å². The highest BCUT2D eigenvalue weighted by Gasteiger charge is 2.59. The third-order valence-electron chi connectivity index (χ3n) is 6.17. The minimum atomic E-state index is -0.972. The molecule has 2 N–H and O–H groups in total. The summed E-state index contributed by atoms with van der Waals surface area (Å²) in [6, 6.07) is 14.2. The molecule has 1 aromatic heterocycles. The number of H-pyrrole nitrogens is 1. The van der Waals surface area contributed by atoms with Gasteiger partial charge in [0, 0.05) is 24.6 Å². The summed E-state index contributed by atoms with van der Waals surface area (Å²) in [5.74, 6) is -0.0511. The van der Waals surface area contributed by atoms with Gasteiger partial charge in [-0.05, 0) is 35.7 Å². The maximum Gasteiger partial charge on any atom is 0.279 e. The third-order valence-corrected chi connectivity index (χ3v) is 6.17. The fraction of sp³-hybridized carbons (Fsp3) is 0.217. The highest BCUT2D eigenvalue weighted by Crippen LogP contribution is 2.55. The summed E-state index contributed by atoms with van der Waals surface area (Å²) in [6.45, 7) is 0.304. The summed E-state index contributed by atoms with van der Waals surface area (Å²) in [4.78, 5) is 47.2. The van der Waals surface area contributed by atoms with Gasteiger partial charge in [0.05, 0.1) is 13.2 Å². The lowest BCUT2D eigenvalue weighted by Crippen LogP contribution is -2.43. The van der Waals surface area contributed by atoms with E-state index in [0.717, 1.165) is 16.8 Å². The van der Waals surface area contributed by atoms with Gasteiger partial charge < -0.3 is 19.9 Å². The maximum absolute atomic E-state index is 13.4. The van der Waals surface area contributed by atoms with E-state index in [1.54, 1.807) is 12.0 Å². The van der Waals surface area contributed by atoms with E-state index in [9.17, 15) is 14.4 Å². The zero-order valence-corrected chi connectivity index (χ0v) is 16.8. The van der Waals surface area contributed by atoms with Crippen molar-refractivity contribution in [2.24, 2.45) is 0 Å². The molecule has 1 spiro atoms. The first-order valence-corrected chi connectivity index (χ1v) is 9.96. The second-order valence-electron chi connectivity index (χ2n) is 7.67. The number of hydrogen-bond acceptors (Lipinski definition) is 5. The number of amides is 2. The van der Waals surface area contributed by atoms with Crippen LogP contribution in [0.5, 0.6) is 5.75 Å². The first-order chi connectivity index (χ1) is 15.1. The van der Waals surface area contributed by atoms with Crippen LogP contribution >= 0.6 is 0 Å². The topological polar surface area (TPSA) is 104 Å². The minimum absolute atomic E-state index is 0.160. The normalized spacial score (nSPS) is 21.8. The zero-order chi connectivity index (χ0) is 21.6. The van der Waals surface area contributed by atoms with Crippen molar-refractivity contribution in [3.8, 4) is 5.75 Å². The lowest BCUT2D eigenvalue weighted by atomic mass is 9.72. The summed E-state index contributed by atoms with van der Waals surface area (Å²) in [5, 5.41) is 2.98. The number of rotatable bonds is 3. The molecule has 31 heavy (non-hydrogen) atoms. The number of carbonyl (C=O) groups excluding carboxylic acids is 2. The molecule has 8 heteroatoms. The smallest absolute Gasteiger partial charge is 0.279 e. The van der Waals surface area contributed by atoms with Gasteiger partial charge in [0.1, 0.15) is 11.2 Å². The molecule has 3 heterocycles. The van der Waals surface area contributed by atoms with E-state index in [-0.39, 0.29) is 11.6 Å². The Morgan fingerprint density at radius 2 is 2.03 bits per heavy atom. The highest BCUT2D eigenvalue weighted by atomic mass is 16.5. The van der Waals surface area contributed by atoms with E-state index in [4.69, 9.17) is 4.74 Å². The van der Waals surface area contributed by atoms with E-state index < -0.39 is 22.9 Å². The van der Waals surface area contributed by atoms with E-state index >= 15 is 0 Å². The van der Waals surface area contributed by atoms with Crippen LogP contribution in [0.4, 0.5) is 5.69 Å². The number of aromatic nitrogens is 2. The maximum atomic E-state index is 13.4. The molecule has 0 bridgehead atoms. The molecular formula is C23H20N4O4. The van der Waals surface area contributed by atoms with Crippen molar-refractivity contribution in [1.82, 2.24) is 14.9 Å². The van der Waals surface area contributed by atoms with Crippen LogP contribution in [0.1, 0.15) is 34.1 Å². The lowest BCUT2D eigenvalue weighted by Gasteiger charge is -2.34. The predicted molar refractivity (Wildman–Crippen MR) is 113 cm³/mol. The van der Waals surface area contributed by atoms with Gasteiger partial charge >= 0.3 is 0 Å². The second kappa shape index (κ2) is 7.09. The molecular weight excluding hydrogens is 396 g/mol. The molecule has 2 unspecified atom stereocenters. The molecule has 156 valence electrons. The average Bonchev–Trinajstić information content (AvgIpc) is 3.33. The molecule has 5 rings (SSSR count). The molecule has 8 nitrogen and oxygen atoms in total. The Morgan fingerprint density at radius 1 is 1.19 bits per heavy atom. The van der Waals surface area contributed by atoms with Crippen LogP contribution in [0.2, 0.25) is 0 Å². The van der Waals surface area contributed by atoms with Crippen LogP contribution in [0.25, 0.3) is 0 Å². The van der Waals surface area contributed by atoms with E-state index in [1.807, 2.05) is 48.5 Å². The number of ether oxygens (including phenoxy) is 1. The van der Waals surface area contributed by atoms with Gasteiger partial charge in [-0.25, -0.2) is 4.98 Å². The van der Waals surface area contributed by atoms with Crippen LogP contribution in [0.15, 0.2) is 65.7 Å². The molecule has 2 amide bonds. The molecule has 0 aliphatic carbocycles. The Kier molecular flexibility index (Phi) is 4.35. The number of aromatic amines is 1. The molecule has 2 aromatic carbocycles. The molecule has 3 aromatic rings. The van der Waals surface area contributed by atoms with Gasteiger partial charge in [-0.3, -0.25) is 14.4 Å². The summed E-state index contributed by atoms with van der Waals surface area (Å²) >= 11 is 0. The number of nitrogens with zero attached hydrogens (tertiary/aromatic N) is 2. The molecule has 2 aliphatic rings. The van der Waals surface area contributed by atoms with Gasteiger partial charge in [-0.1, -0.05) is 30.3 Å². The number of hydrogen-bond donors (Lipinski definition) is 2.